The van der Waals surface area contributed by atoms with Crippen LogP contribution in [0.3, 0.4) is 0 Å². The van der Waals surface area contributed by atoms with Crippen molar-refractivity contribution >= 4 is 0 Å². The Labute approximate surface area is 116 Å². The molecule has 1 heterocycles. The van der Waals surface area contributed by atoms with Crippen molar-refractivity contribution < 1.29 is 9.47 Å². The van der Waals surface area contributed by atoms with Crippen molar-refractivity contribution in [3.63, 3.8) is 0 Å². The maximum atomic E-state index is 6.02. The highest BCUT2D eigenvalue weighted by Crippen LogP contribution is 2.47. The van der Waals surface area contributed by atoms with Crippen LogP contribution in [0.1, 0.15) is 57.8 Å². The number of hydrazine groups is 1. The van der Waals surface area contributed by atoms with E-state index in [4.69, 9.17) is 15.3 Å². The number of methoxy groups -OCH3 is 1. The van der Waals surface area contributed by atoms with E-state index < -0.39 is 0 Å². The van der Waals surface area contributed by atoms with Crippen LogP contribution >= 0.6 is 0 Å². The lowest BCUT2D eigenvalue weighted by Crippen LogP contribution is -2.55. The molecule has 4 heteroatoms. The van der Waals surface area contributed by atoms with Crippen LogP contribution in [0.15, 0.2) is 0 Å². The van der Waals surface area contributed by atoms with E-state index in [0.29, 0.717) is 12.0 Å². The van der Waals surface area contributed by atoms with E-state index in [9.17, 15) is 0 Å². The minimum atomic E-state index is 0.0993. The van der Waals surface area contributed by atoms with Gasteiger partial charge in [-0.3, -0.25) is 11.3 Å². The van der Waals surface area contributed by atoms with Gasteiger partial charge in [0.25, 0.3) is 0 Å². The molecule has 3 aliphatic rings. The first kappa shape index (κ1) is 13.8. The molecule has 1 spiro atoms. The summed E-state index contributed by atoms with van der Waals surface area (Å²) in [6.07, 6.45) is 10.9. The Morgan fingerprint density at radius 2 is 2.05 bits per heavy atom. The van der Waals surface area contributed by atoms with E-state index >= 15 is 0 Å². The van der Waals surface area contributed by atoms with Crippen molar-refractivity contribution in [1.29, 1.82) is 0 Å². The SMILES string of the molecule is COC1(CC(NN)C2CCOC3(CCC3)C2)CCC1. The third-order valence-corrected chi connectivity index (χ3v) is 5.87. The van der Waals surface area contributed by atoms with Gasteiger partial charge >= 0.3 is 0 Å². The van der Waals surface area contributed by atoms with E-state index in [1.807, 2.05) is 7.11 Å². The summed E-state index contributed by atoms with van der Waals surface area (Å²) >= 11 is 0. The van der Waals surface area contributed by atoms with Gasteiger partial charge in [-0.15, -0.1) is 0 Å². The molecule has 1 saturated heterocycles. The highest BCUT2D eigenvalue weighted by Gasteiger charge is 2.46. The quantitative estimate of drug-likeness (QED) is 0.592. The minimum Gasteiger partial charge on any atom is -0.378 e. The van der Waals surface area contributed by atoms with E-state index in [0.717, 1.165) is 19.4 Å². The summed E-state index contributed by atoms with van der Waals surface area (Å²) < 4.78 is 11.8. The normalized spacial score (nSPS) is 33.5. The van der Waals surface area contributed by atoms with Crippen molar-refractivity contribution in [2.45, 2.75) is 75.0 Å². The molecule has 0 aromatic heterocycles. The van der Waals surface area contributed by atoms with E-state index in [2.05, 4.69) is 5.43 Å². The highest BCUT2D eigenvalue weighted by molar-refractivity contribution is 4.99. The van der Waals surface area contributed by atoms with E-state index in [1.54, 1.807) is 0 Å². The lowest BCUT2D eigenvalue weighted by atomic mass is 9.67. The first-order valence-electron chi connectivity index (χ1n) is 7.86. The first-order chi connectivity index (χ1) is 9.21. The van der Waals surface area contributed by atoms with Gasteiger partial charge in [-0.2, -0.15) is 0 Å². The number of rotatable bonds is 5. The molecule has 2 unspecified atom stereocenters. The van der Waals surface area contributed by atoms with Gasteiger partial charge < -0.3 is 9.47 Å². The predicted molar refractivity (Wildman–Crippen MR) is 74.6 cm³/mol. The van der Waals surface area contributed by atoms with Crippen LogP contribution in [0.4, 0.5) is 0 Å². The lowest BCUT2D eigenvalue weighted by Gasteiger charge is -2.50. The predicted octanol–water partition coefficient (Wildman–Crippen LogP) is 2.13. The maximum absolute atomic E-state index is 6.02. The second-order valence-corrected chi connectivity index (χ2v) is 6.86. The molecule has 0 bridgehead atoms. The summed E-state index contributed by atoms with van der Waals surface area (Å²) in [7, 11) is 1.85. The second-order valence-electron chi connectivity index (χ2n) is 6.86. The number of hydrogen-bond acceptors (Lipinski definition) is 4. The van der Waals surface area contributed by atoms with Crippen LogP contribution in [0.25, 0.3) is 0 Å². The van der Waals surface area contributed by atoms with Gasteiger partial charge in [-0.1, -0.05) is 0 Å². The van der Waals surface area contributed by atoms with Crippen molar-refractivity contribution in [3.8, 4) is 0 Å². The molecular formula is C15H28N2O2. The van der Waals surface area contributed by atoms with Gasteiger partial charge in [-0.25, -0.2) is 0 Å². The zero-order valence-corrected chi connectivity index (χ0v) is 12.1. The third kappa shape index (κ3) is 2.56. The van der Waals surface area contributed by atoms with Gasteiger partial charge in [0.05, 0.1) is 11.2 Å². The van der Waals surface area contributed by atoms with Gasteiger partial charge in [0.2, 0.25) is 0 Å². The number of nitrogens with two attached hydrogens (primary N) is 1. The van der Waals surface area contributed by atoms with Crippen LogP contribution in [0.5, 0.6) is 0 Å². The smallest absolute Gasteiger partial charge is 0.0694 e. The number of nitrogens with one attached hydrogen (secondary N) is 1. The molecule has 4 nitrogen and oxygen atoms in total. The largest absolute Gasteiger partial charge is 0.378 e. The van der Waals surface area contributed by atoms with Crippen LogP contribution in [0.2, 0.25) is 0 Å². The maximum Gasteiger partial charge on any atom is 0.0694 e. The average molecular weight is 268 g/mol. The zero-order chi connectivity index (χ0) is 13.3. The van der Waals surface area contributed by atoms with Crippen molar-refractivity contribution in [1.82, 2.24) is 5.43 Å². The number of ether oxygens (including phenoxy) is 2. The molecule has 1 aliphatic heterocycles. The standard InChI is InChI=1S/C15H28N2O2/c1-18-14(5-2-6-14)11-13(17-16)12-4-9-19-15(10-12)7-3-8-15/h12-13,17H,2-11,16H2,1H3. The Morgan fingerprint density at radius 3 is 2.53 bits per heavy atom. The molecule has 19 heavy (non-hydrogen) atoms. The molecule has 3 rings (SSSR count). The summed E-state index contributed by atoms with van der Waals surface area (Å²) in [5.41, 5.74) is 3.39. The van der Waals surface area contributed by atoms with Crippen LogP contribution < -0.4 is 11.3 Å². The first-order valence-corrected chi connectivity index (χ1v) is 7.86. The minimum absolute atomic E-state index is 0.0993. The molecule has 2 atom stereocenters. The highest BCUT2D eigenvalue weighted by atomic mass is 16.5. The summed E-state index contributed by atoms with van der Waals surface area (Å²) in [6, 6.07) is 0.377. The second kappa shape index (κ2) is 5.32. The zero-order valence-electron chi connectivity index (χ0n) is 12.1. The van der Waals surface area contributed by atoms with Gasteiger partial charge in [0.1, 0.15) is 0 Å². The summed E-state index contributed by atoms with van der Waals surface area (Å²) in [5.74, 6) is 6.49. The molecule has 0 amide bonds. The van der Waals surface area contributed by atoms with Gasteiger partial charge in [-0.05, 0) is 63.7 Å². The molecule has 2 aliphatic carbocycles. The van der Waals surface area contributed by atoms with Gasteiger partial charge in [0.15, 0.2) is 0 Å². The fraction of sp³-hybridized carbons (Fsp3) is 1.00. The fourth-order valence-corrected chi connectivity index (χ4v) is 4.15. The van der Waals surface area contributed by atoms with Crippen LogP contribution in [-0.2, 0) is 9.47 Å². The molecule has 2 saturated carbocycles. The monoisotopic (exact) mass is 268 g/mol. The summed E-state index contributed by atoms with van der Waals surface area (Å²) in [5, 5.41) is 0. The molecular weight excluding hydrogens is 240 g/mol. The van der Waals surface area contributed by atoms with Crippen LogP contribution in [-0.4, -0.2) is 31.0 Å². The van der Waals surface area contributed by atoms with Gasteiger partial charge in [0, 0.05) is 19.8 Å². The number of hydrogen-bond donors (Lipinski definition) is 2. The fourth-order valence-electron chi connectivity index (χ4n) is 4.15. The van der Waals surface area contributed by atoms with Crippen LogP contribution in [0, 0.1) is 5.92 Å². The summed E-state index contributed by atoms with van der Waals surface area (Å²) in [4.78, 5) is 0. The molecule has 3 N–H and O–H groups in total. The Morgan fingerprint density at radius 1 is 1.32 bits per heavy atom. The molecule has 3 fully saturated rings. The Kier molecular flexibility index (Phi) is 3.87. The third-order valence-electron chi connectivity index (χ3n) is 5.87. The summed E-state index contributed by atoms with van der Waals surface area (Å²) in [6.45, 7) is 0.906. The molecule has 0 aromatic carbocycles. The Hall–Kier alpha value is -0.160. The van der Waals surface area contributed by atoms with Crippen molar-refractivity contribution in [2.75, 3.05) is 13.7 Å². The lowest BCUT2D eigenvalue weighted by molar-refractivity contribution is -0.153. The topological polar surface area (TPSA) is 56.5 Å². The van der Waals surface area contributed by atoms with E-state index in [-0.39, 0.29) is 11.2 Å². The van der Waals surface area contributed by atoms with Crippen molar-refractivity contribution in [2.24, 2.45) is 11.8 Å². The van der Waals surface area contributed by atoms with Crippen molar-refractivity contribution in [3.05, 3.63) is 0 Å². The molecule has 110 valence electrons. The molecule has 0 aromatic rings. The Balaban J connectivity index is 1.61. The average Bonchev–Trinajstić information content (AvgIpc) is 2.37. The Bertz CT molecular complexity index is 308. The van der Waals surface area contributed by atoms with E-state index in [1.165, 1.54) is 44.9 Å². The molecule has 0 radical (unpaired) electrons.